The largest absolute Gasteiger partial charge is 0.508 e. The molecule has 0 aliphatic carbocycles. The molecule has 0 bridgehead atoms. The van der Waals surface area contributed by atoms with Gasteiger partial charge in [-0.3, -0.25) is 0 Å². The molecule has 0 saturated carbocycles. The number of hydrogen-bond acceptors (Lipinski definition) is 5. The summed E-state index contributed by atoms with van der Waals surface area (Å²) in [5.41, 5.74) is -0.301. The molecule has 0 unspecified atom stereocenters. The Bertz CT molecular complexity index is 501. The van der Waals surface area contributed by atoms with Crippen molar-refractivity contribution >= 4 is 17.9 Å². The third kappa shape index (κ3) is 7.00. The number of phenolic OH excluding ortho intramolecular Hbond substituents is 1. The Morgan fingerprint density at radius 3 is 1.68 bits per heavy atom. The first-order valence-corrected chi connectivity index (χ1v) is 4.63. The Hall–Kier alpha value is -3.03. The molecule has 0 heterocycles. The normalized spacial score (nSPS) is 9.47. The van der Waals surface area contributed by atoms with Crippen LogP contribution < -0.4 is 0 Å². The fourth-order valence-electron chi connectivity index (χ4n) is 0.838. The zero-order valence-corrected chi connectivity index (χ0v) is 9.35. The van der Waals surface area contributed by atoms with Gasteiger partial charge in [-0.25, -0.2) is 14.4 Å². The summed E-state index contributed by atoms with van der Waals surface area (Å²) in [5.74, 6) is -4.31. The van der Waals surface area contributed by atoms with Gasteiger partial charge in [-0.2, -0.15) is 0 Å². The SMILES string of the molecule is O=C(O)/C=C/C(=O)O.O=C(O)c1cc(O)ccc1O. The minimum Gasteiger partial charge on any atom is -0.508 e. The molecule has 0 aliphatic rings. The second-order valence-corrected chi connectivity index (χ2v) is 3.02. The van der Waals surface area contributed by atoms with Crippen LogP contribution >= 0.6 is 0 Å². The monoisotopic (exact) mass is 270 g/mol. The fraction of sp³-hybridized carbons (Fsp3) is 0. The highest BCUT2D eigenvalue weighted by Crippen LogP contribution is 2.21. The van der Waals surface area contributed by atoms with E-state index in [-0.39, 0.29) is 17.1 Å². The first-order valence-electron chi connectivity index (χ1n) is 4.63. The molecule has 0 aromatic heterocycles. The van der Waals surface area contributed by atoms with E-state index in [1.165, 1.54) is 6.07 Å². The van der Waals surface area contributed by atoms with Crippen LogP contribution in [0.15, 0.2) is 30.4 Å². The van der Waals surface area contributed by atoms with Gasteiger partial charge in [-0.05, 0) is 18.2 Å². The van der Waals surface area contributed by atoms with Gasteiger partial charge >= 0.3 is 17.9 Å². The lowest BCUT2D eigenvalue weighted by molar-refractivity contribution is -0.134. The molecule has 5 N–H and O–H groups in total. The van der Waals surface area contributed by atoms with Gasteiger partial charge in [0.25, 0.3) is 0 Å². The van der Waals surface area contributed by atoms with Gasteiger partial charge < -0.3 is 25.5 Å². The predicted molar refractivity (Wildman–Crippen MR) is 61.1 cm³/mol. The summed E-state index contributed by atoms with van der Waals surface area (Å²) >= 11 is 0. The topological polar surface area (TPSA) is 152 Å². The third-order valence-electron chi connectivity index (χ3n) is 1.58. The van der Waals surface area contributed by atoms with Crippen molar-refractivity contribution in [3.8, 4) is 11.5 Å². The Labute approximate surface area is 106 Å². The van der Waals surface area contributed by atoms with Crippen LogP contribution in [0.1, 0.15) is 10.4 Å². The van der Waals surface area contributed by atoms with Crippen molar-refractivity contribution in [2.75, 3.05) is 0 Å². The molecule has 8 heteroatoms. The number of aromatic hydroxyl groups is 2. The van der Waals surface area contributed by atoms with Crippen LogP contribution in [0.5, 0.6) is 11.5 Å². The van der Waals surface area contributed by atoms with Crippen molar-refractivity contribution < 1.29 is 39.9 Å². The molecule has 0 saturated heterocycles. The van der Waals surface area contributed by atoms with Gasteiger partial charge in [0.15, 0.2) is 0 Å². The third-order valence-corrected chi connectivity index (χ3v) is 1.58. The number of aliphatic carboxylic acids is 2. The van der Waals surface area contributed by atoms with Crippen molar-refractivity contribution in [3.63, 3.8) is 0 Å². The molecule has 8 nitrogen and oxygen atoms in total. The Morgan fingerprint density at radius 1 is 0.895 bits per heavy atom. The Kier molecular flexibility index (Phi) is 6.16. The molecule has 0 fully saturated rings. The van der Waals surface area contributed by atoms with E-state index in [2.05, 4.69) is 0 Å². The number of rotatable bonds is 3. The number of hydrogen-bond donors (Lipinski definition) is 5. The average molecular weight is 270 g/mol. The Morgan fingerprint density at radius 2 is 1.37 bits per heavy atom. The highest BCUT2D eigenvalue weighted by atomic mass is 16.4. The summed E-state index contributed by atoms with van der Waals surface area (Å²) in [5, 5.41) is 41.8. The molecule has 0 radical (unpaired) electrons. The van der Waals surface area contributed by atoms with Crippen LogP contribution in [0.25, 0.3) is 0 Å². The quantitative estimate of drug-likeness (QED) is 0.393. The summed E-state index contributed by atoms with van der Waals surface area (Å²) in [4.78, 5) is 29.4. The minimum atomic E-state index is -1.27. The first kappa shape index (κ1) is 16.0. The molecule has 0 amide bonds. The highest BCUT2D eigenvalue weighted by Gasteiger charge is 2.08. The maximum atomic E-state index is 10.3. The van der Waals surface area contributed by atoms with Crippen molar-refractivity contribution in [2.45, 2.75) is 0 Å². The Balaban J connectivity index is 0.000000362. The summed E-state index contributed by atoms with van der Waals surface area (Å²) in [6.45, 7) is 0. The number of carboxylic acid groups (broad SMARTS) is 3. The van der Waals surface area contributed by atoms with Gasteiger partial charge in [0.2, 0.25) is 0 Å². The molecular formula is C11H10O8. The average Bonchev–Trinajstić information content (AvgIpc) is 2.30. The summed E-state index contributed by atoms with van der Waals surface area (Å²) in [6, 6.07) is 3.32. The summed E-state index contributed by atoms with van der Waals surface area (Å²) < 4.78 is 0. The highest BCUT2D eigenvalue weighted by molar-refractivity contribution is 5.91. The number of carboxylic acids is 3. The van der Waals surface area contributed by atoms with E-state index in [4.69, 9.17) is 25.5 Å². The maximum Gasteiger partial charge on any atom is 0.339 e. The van der Waals surface area contributed by atoms with E-state index in [0.29, 0.717) is 12.2 Å². The molecule has 1 rings (SSSR count). The standard InChI is InChI=1S/C7H6O4.C4H4O4/c8-4-1-2-6(9)5(3-4)7(10)11;5-3(6)1-2-4(7)8/h1-3,8-9H,(H,10,11);1-2H,(H,5,6)(H,7,8)/b;2-1+. The molecule has 1 aromatic carbocycles. The number of carbonyl (C=O) groups is 3. The molecule has 102 valence electrons. The van der Waals surface area contributed by atoms with Gasteiger partial charge in [-0.1, -0.05) is 0 Å². The van der Waals surface area contributed by atoms with Crippen LogP contribution in [0.2, 0.25) is 0 Å². The first-order chi connectivity index (χ1) is 8.73. The lowest BCUT2D eigenvalue weighted by Gasteiger charge is -1.98. The van der Waals surface area contributed by atoms with Gasteiger partial charge in [0.05, 0.1) is 0 Å². The number of phenols is 2. The van der Waals surface area contributed by atoms with E-state index < -0.39 is 17.9 Å². The van der Waals surface area contributed by atoms with Crippen LogP contribution in [0.4, 0.5) is 0 Å². The maximum absolute atomic E-state index is 10.3. The molecule has 0 atom stereocenters. The predicted octanol–water partition coefficient (Wildman–Crippen LogP) is 0.508. The summed E-state index contributed by atoms with van der Waals surface area (Å²) in [7, 11) is 0. The van der Waals surface area contributed by atoms with Gasteiger partial charge in [-0.15, -0.1) is 0 Å². The minimum absolute atomic E-state index is 0.180. The number of aromatic carboxylic acids is 1. The molecular weight excluding hydrogens is 260 g/mol. The van der Waals surface area contributed by atoms with Gasteiger partial charge in [0.1, 0.15) is 17.1 Å². The van der Waals surface area contributed by atoms with Crippen LogP contribution in [0.3, 0.4) is 0 Å². The smallest absolute Gasteiger partial charge is 0.339 e. The van der Waals surface area contributed by atoms with E-state index in [1.807, 2.05) is 0 Å². The van der Waals surface area contributed by atoms with Crippen molar-refractivity contribution in [1.82, 2.24) is 0 Å². The molecule has 19 heavy (non-hydrogen) atoms. The van der Waals surface area contributed by atoms with Crippen molar-refractivity contribution in [1.29, 1.82) is 0 Å². The molecule has 0 spiro atoms. The zero-order chi connectivity index (χ0) is 15.0. The molecule has 0 aliphatic heterocycles. The second-order valence-electron chi connectivity index (χ2n) is 3.02. The summed E-state index contributed by atoms with van der Waals surface area (Å²) in [6.07, 6.45) is 1.12. The van der Waals surface area contributed by atoms with E-state index >= 15 is 0 Å². The second kappa shape index (κ2) is 7.33. The zero-order valence-electron chi connectivity index (χ0n) is 9.35. The van der Waals surface area contributed by atoms with Crippen LogP contribution in [0, 0.1) is 0 Å². The van der Waals surface area contributed by atoms with Crippen LogP contribution in [-0.2, 0) is 9.59 Å². The van der Waals surface area contributed by atoms with Gasteiger partial charge in [0, 0.05) is 12.2 Å². The van der Waals surface area contributed by atoms with Crippen molar-refractivity contribution in [3.05, 3.63) is 35.9 Å². The van der Waals surface area contributed by atoms with E-state index in [1.54, 1.807) is 0 Å². The van der Waals surface area contributed by atoms with Crippen molar-refractivity contribution in [2.24, 2.45) is 0 Å². The van der Waals surface area contributed by atoms with E-state index in [0.717, 1.165) is 12.1 Å². The lowest BCUT2D eigenvalue weighted by Crippen LogP contribution is -1.95. The van der Waals surface area contributed by atoms with E-state index in [9.17, 15) is 14.4 Å². The fourth-order valence-corrected chi connectivity index (χ4v) is 0.838. The van der Waals surface area contributed by atoms with Crippen LogP contribution in [-0.4, -0.2) is 43.4 Å². The number of benzene rings is 1. The lowest BCUT2D eigenvalue weighted by atomic mass is 10.2. The molecule has 1 aromatic rings.